The maximum atomic E-state index is 12.8. The van der Waals surface area contributed by atoms with Gasteiger partial charge in [-0.25, -0.2) is 4.39 Å². The summed E-state index contributed by atoms with van der Waals surface area (Å²) < 4.78 is 12.8. The first kappa shape index (κ1) is 14.3. The summed E-state index contributed by atoms with van der Waals surface area (Å²) in [5, 5.41) is 12.6. The number of benzene rings is 1. The number of aromatic amines is 1. The number of H-pyrrole nitrogens is 1. The molecule has 1 unspecified atom stereocenters. The number of carbonyl (C=O) groups is 1. The van der Waals surface area contributed by atoms with Gasteiger partial charge in [0.05, 0.1) is 6.10 Å². The van der Waals surface area contributed by atoms with E-state index in [1.807, 2.05) is 19.9 Å². The van der Waals surface area contributed by atoms with Crippen LogP contribution in [0.25, 0.3) is 0 Å². The Morgan fingerprint density at radius 3 is 2.55 bits per heavy atom. The first-order valence-electron chi connectivity index (χ1n) is 6.35. The third-order valence-corrected chi connectivity index (χ3v) is 3.09. The quantitative estimate of drug-likeness (QED) is 0.801. The minimum Gasteiger partial charge on any atom is -0.387 e. The van der Waals surface area contributed by atoms with Gasteiger partial charge in [-0.2, -0.15) is 0 Å². The normalized spacial score (nSPS) is 12.2. The lowest BCUT2D eigenvalue weighted by Crippen LogP contribution is -2.29. The number of hydrogen-bond donors (Lipinski definition) is 3. The Kier molecular flexibility index (Phi) is 4.20. The minimum absolute atomic E-state index is 0.0714. The smallest absolute Gasteiger partial charge is 0.268 e. The molecule has 0 aliphatic carbocycles. The van der Waals surface area contributed by atoms with E-state index in [1.54, 1.807) is 0 Å². The summed E-state index contributed by atoms with van der Waals surface area (Å²) in [5.74, 6) is -0.626. The van der Waals surface area contributed by atoms with Crippen molar-refractivity contribution in [1.82, 2.24) is 10.3 Å². The lowest BCUT2D eigenvalue weighted by molar-refractivity contribution is 0.0911. The summed E-state index contributed by atoms with van der Waals surface area (Å²) in [5.41, 5.74) is 2.82. The fraction of sp³-hybridized carbons (Fsp3) is 0.267. The molecule has 0 fully saturated rings. The summed E-state index contributed by atoms with van der Waals surface area (Å²) in [4.78, 5) is 14.9. The first-order valence-corrected chi connectivity index (χ1v) is 6.35. The van der Waals surface area contributed by atoms with Gasteiger partial charge in [0.15, 0.2) is 0 Å². The van der Waals surface area contributed by atoms with Gasteiger partial charge in [0.1, 0.15) is 11.5 Å². The van der Waals surface area contributed by atoms with Crippen LogP contribution in [0.3, 0.4) is 0 Å². The van der Waals surface area contributed by atoms with E-state index in [2.05, 4.69) is 10.3 Å². The number of nitrogens with one attached hydrogen (secondary N) is 2. The monoisotopic (exact) mass is 276 g/mol. The molecule has 5 heteroatoms. The van der Waals surface area contributed by atoms with E-state index in [9.17, 15) is 14.3 Å². The molecule has 0 spiro atoms. The van der Waals surface area contributed by atoms with Crippen LogP contribution in [0.4, 0.5) is 4.39 Å². The molecule has 1 heterocycles. The number of hydrogen-bond acceptors (Lipinski definition) is 2. The number of aliphatic hydroxyl groups excluding tert-OH is 1. The van der Waals surface area contributed by atoms with Crippen molar-refractivity contribution in [2.24, 2.45) is 0 Å². The average Bonchev–Trinajstić information content (AvgIpc) is 2.75. The first-order chi connectivity index (χ1) is 9.47. The zero-order chi connectivity index (χ0) is 14.7. The molecule has 4 nitrogen and oxygen atoms in total. The van der Waals surface area contributed by atoms with Crippen molar-refractivity contribution in [3.63, 3.8) is 0 Å². The van der Waals surface area contributed by atoms with Gasteiger partial charge in [0.2, 0.25) is 0 Å². The highest BCUT2D eigenvalue weighted by atomic mass is 19.1. The molecule has 2 rings (SSSR count). The van der Waals surface area contributed by atoms with Gasteiger partial charge in [-0.05, 0) is 43.2 Å². The Morgan fingerprint density at radius 1 is 1.35 bits per heavy atom. The van der Waals surface area contributed by atoms with E-state index in [1.165, 1.54) is 24.3 Å². The SMILES string of the molecule is Cc1cc(C)c(C(=O)NCC(O)c2ccc(F)cc2)[nH]1. The van der Waals surface area contributed by atoms with Gasteiger partial charge in [-0.15, -0.1) is 0 Å². The molecule has 1 atom stereocenters. The van der Waals surface area contributed by atoms with Crippen LogP contribution in [0.2, 0.25) is 0 Å². The van der Waals surface area contributed by atoms with Crippen molar-refractivity contribution in [2.75, 3.05) is 6.54 Å². The second-order valence-corrected chi connectivity index (χ2v) is 4.79. The Hall–Kier alpha value is -2.14. The second kappa shape index (κ2) is 5.88. The summed E-state index contributed by atoms with van der Waals surface area (Å²) >= 11 is 0. The topological polar surface area (TPSA) is 65.1 Å². The summed E-state index contributed by atoms with van der Waals surface area (Å²) in [6, 6.07) is 7.43. The van der Waals surface area contributed by atoms with Crippen molar-refractivity contribution in [1.29, 1.82) is 0 Å². The molecule has 0 saturated carbocycles. The second-order valence-electron chi connectivity index (χ2n) is 4.79. The third kappa shape index (κ3) is 3.24. The van der Waals surface area contributed by atoms with Crippen LogP contribution in [-0.4, -0.2) is 22.5 Å². The fourth-order valence-electron chi connectivity index (χ4n) is 2.05. The van der Waals surface area contributed by atoms with Crippen LogP contribution in [0.15, 0.2) is 30.3 Å². The molecule has 0 saturated heterocycles. The van der Waals surface area contributed by atoms with Gasteiger partial charge in [0.25, 0.3) is 5.91 Å². The summed E-state index contributed by atoms with van der Waals surface area (Å²) in [7, 11) is 0. The molecule has 1 aromatic heterocycles. The molecule has 3 N–H and O–H groups in total. The predicted molar refractivity (Wildman–Crippen MR) is 74.0 cm³/mol. The van der Waals surface area contributed by atoms with E-state index in [-0.39, 0.29) is 18.3 Å². The number of aromatic nitrogens is 1. The Labute approximate surface area is 116 Å². The highest BCUT2D eigenvalue weighted by molar-refractivity contribution is 5.94. The van der Waals surface area contributed by atoms with E-state index < -0.39 is 6.10 Å². The number of carbonyl (C=O) groups excluding carboxylic acids is 1. The van der Waals surface area contributed by atoms with Gasteiger partial charge >= 0.3 is 0 Å². The highest BCUT2D eigenvalue weighted by Crippen LogP contribution is 2.13. The van der Waals surface area contributed by atoms with Crippen LogP contribution < -0.4 is 5.32 Å². The van der Waals surface area contributed by atoms with Crippen LogP contribution in [0, 0.1) is 19.7 Å². The fourth-order valence-corrected chi connectivity index (χ4v) is 2.05. The van der Waals surface area contributed by atoms with Gasteiger partial charge in [-0.1, -0.05) is 12.1 Å². The summed E-state index contributed by atoms with van der Waals surface area (Å²) in [6.07, 6.45) is -0.865. The molecule has 2 aromatic rings. The Morgan fingerprint density at radius 2 is 2.00 bits per heavy atom. The minimum atomic E-state index is -0.865. The van der Waals surface area contributed by atoms with Gasteiger partial charge in [-0.3, -0.25) is 4.79 Å². The van der Waals surface area contributed by atoms with Crippen LogP contribution in [0.5, 0.6) is 0 Å². The van der Waals surface area contributed by atoms with Crippen LogP contribution in [-0.2, 0) is 0 Å². The van der Waals surface area contributed by atoms with Crippen molar-refractivity contribution >= 4 is 5.91 Å². The molecule has 0 radical (unpaired) electrons. The van der Waals surface area contributed by atoms with E-state index in [0.29, 0.717) is 11.3 Å². The van der Waals surface area contributed by atoms with Crippen molar-refractivity contribution in [3.05, 3.63) is 58.7 Å². The van der Waals surface area contributed by atoms with E-state index in [4.69, 9.17) is 0 Å². The van der Waals surface area contributed by atoms with Gasteiger partial charge < -0.3 is 15.4 Å². The van der Waals surface area contributed by atoms with Crippen LogP contribution in [0.1, 0.15) is 33.4 Å². The Bertz CT molecular complexity index is 605. The number of aryl methyl sites for hydroxylation is 2. The molecular formula is C15H17FN2O2. The van der Waals surface area contributed by atoms with Crippen molar-refractivity contribution < 1.29 is 14.3 Å². The molecule has 0 bridgehead atoms. The highest BCUT2D eigenvalue weighted by Gasteiger charge is 2.14. The van der Waals surface area contributed by atoms with Crippen LogP contribution >= 0.6 is 0 Å². The molecule has 1 aromatic carbocycles. The van der Waals surface area contributed by atoms with E-state index in [0.717, 1.165) is 11.3 Å². The lowest BCUT2D eigenvalue weighted by Gasteiger charge is -2.12. The third-order valence-electron chi connectivity index (χ3n) is 3.09. The van der Waals surface area contributed by atoms with Crippen molar-refractivity contribution in [3.8, 4) is 0 Å². The van der Waals surface area contributed by atoms with E-state index >= 15 is 0 Å². The standard InChI is InChI=1S/C15H17FN2O2/c1-9-7-10(2)18-14(9)15(20)17-8-13(19)11-3-5-12(16)6-4-11/h3-7,13,18-19H,8H2,1-2H3,(H,17,20). The molecule has 20 heavy (non-hydrogen) atoms. The molecule has 1 amide bonds. The number of halogens is 1. The number of rotatable bonds is 4. The molecule has 106 valence electrons. The summed E-state index contributed by atoms with van der Waals surface area (Å²) in [6.45, 7) is 3.79. The molecule has 0 aliphatic heterocycles. The lowest BCUT2D eigenvalue weighted by atomic mass is 10.1. The van der Waals surface area contributed by atoms with Gasteiger partial charge in [0, 0.05) is 12.2 Å². The zero-order valence-corrected chi connectivity index (χ0v) is 11.4. The average molecular weight is 276 g/mol. The maximum absolute atomic E-state index is 12.8. The van der Waals surface area contributed by atoms with Crippen molar-refractivity contribution in [2.45, 2.75) is 20.0 Å². The number of amides is 1. The maximum Gasteiger partial charge on any atom is 0.268 e. The predicted octanol–water partition coefficient (Wildman–Crippen LogP) is 2.23. The number of aliphatic hydroxyl groups is 1. The Balaban J connectivity index is 1.96. The zero-order valence-electron chi connectivity index (χ0n) is 11.4. The molecule has 0 aliphatic rings. The largest absolute Gasteiger partial charge is 0.387 e. The molecular weight excluding hydrogens is 259 g/mol.